The van der Waals surface area contributed by atoms with Gasteiger partial charge in [0.05, 0.1) is 7.11 Å². The fourth-order valence-electron chi connectivity index (χ4n) is 2.19. The zero-order chi connectivity index (χ0) is 15.2. The Bertz CT molecular complexity index is 499. The molecule has 114 valence electrons. The van der Waals surface area contributed by atoms with E-state index in [0.29, 0.717) is 13.1 Å². The average molecular weight is 312 g/mol. The summed E-state index contributed by atoms with van der Waals surface area (Å²) in [6, 6.07) is 7.42. The molecule has 0 aliphatic carbocycles. The van der Waals surface area contributed by atoms with E-state index in [4.69, 9.17) is 16.3 Å². The van der Waals surface area contributed by atoms with E-state index in [9.17, 15) is 9.59 Å². The van der Waals surface area contributed by atoms with Gasteiger partial charge in [-0.2, -0.15) is 0 Å². The summed E-state index contributed by atoms with van der Waals surface area (Å²) in [6.07, 6.45) is 0. The second kappa shape index (κ2) is 7.17. The van der Waals surface area contributed by atoms with Crippen LogP contribution in [0.25, 0.3) is 0 Å². The van der Waals surface area contributed by atoms with Gasteiger partial charge < -0.3 is 14.5 Å². The van der Waals surface area contributed by atoms with Gasteiger partial charge in [0.15, 0.2) is 0 Å². The summed E-state index contributed by atoms with van der Waals surface area (Å²) in [7, 11) is 1.63. The van der Waals surface area contributed by atoms with E-state index in [2.05, 4.69) is 10.2 Å². The van der Waals surface area contributed by atoms with Gasteiger partial charge in [0.25, 0.3) is 0 Å². The normalized spacial score (nSPS) is 14.8. The number of urea groups is 1. The maximum absolute atomic E-state index is 11.8. The molecule has 1 aromatic carbocycles. The van der Waals surface area contributed by atoms with Crippen molar-refractivity contribution in [3.8, 4) is 5.75 Å². The number of piperazine rings is 1. The van der Waals surface area contributed by atoms with Crippen LogP contribution in [0, 0.1) is 0 Å². The molecule has 7 heteroatoms. The van der Waals surface area contributed by atoms with Gasteiger partial charge in [-0.25, -0.2) is 4.79 Å². The number of rotatable bonds is 3. The highest BCUT2D eigenvalue weighted by Crippen LogP contribution is 2.20. The lowest BCUT2D eigenvalue weighted by atomic mass is 10.2. The fourth-order valence-corrected chi connectivity index (χ4v) is 2.26. The van der Waals surface area contributed by atoms with Crippen LogP contribution < -0.4 is 15.0 Å². The average Bonchev–Trinajstić information content (AvgIpc) is 2.55. The molecule has 1 heterocycles. The first-order valence-electron chi connectivity index (χ1n) is 6.67. The third-order valence-electron chi connectivity index (χ3n) is 3.37. The lowest BCUT2D eigenvalue weighted by Gasteiger charge is -2.35. The molecule has 0 unspecified atom stereocenters. The van der Waals surface area contributed by atoms with Crippen molar-refractivity contribution in [3.63, 3.8) is 0 Å². The predicted octanol–water partition coefficient (Wildman–Crippen LogP) is 1.29. The number of alkyl halides is 1. The third-order valence-corrected chi connectivity index (χ3v) is 3.61. The van der Waals surface area contributed by atoms with Crippen molar-refractivity contribution in [3.05, 3.63) is 24.3 Å². The second-order valence-electron chi connectivity index (χ2n) is 4.66. The van der Waals surface area contributed by atoms with Gasteiger partial charge in [-0.05, 0) is 24.3 Å². The van der Waals surface area contributed by atoms with Gasteiger partial charge >= 0.3 is 6.03 Å². The summed E-state index contributed by atoms with van der Waals surface area (Å²) in [4.78, 5) is 26.7. The van der Waals surface area contributed by atoms with Crippen LogP contribution in [0.1, 0.15) is 0 Å². The number of nitrogens with zero attached hydrogens (tertiary/aromatic N) is 2. The zero-order valence-electron chi connectivity index (χ0n) is 11.8. The molecular weight excluding hydrogens is 294 g/mol. The van der Waals surface area contributed by atoms with Crippen LogP contribution in [-0.4, -0.2) is 56.0 Å². The minimum absolute atomic E-state index is 0.211. The Kier molecular flexibility index (Phi) is 5.27. The highest BCUT2D eigenvalue weighted by molar-refractivity contribution is 6.28. The van der Waals surface area contributed by atoms with Crippen LogP contribution >= 0.6 is 11.6 Å². The molecule has 0 radical (unpaired) electrons. The highest BCUT2D eigenvalue weighted by atomic mass is 35.5. The van der Waals surface area contributed by atoms with E-state index in [1.165, 1.54) is 0 Å². The lowest BCUT2D eigenvalue weighted by Crippen LogP contribution is -2.53. The molecule has 1 aliphatic heterocycles. The zero-order valence-corrected chi connectivity index (χ0v) is 12.6. The van der Waals surface area contributed by atoms with E-state index in [-0.39, 0.29) is 11.9 Å². The molecule has 0 saturated carbocycles. The van der Waals surface area contributed by atoms with E-state index in [1.807, 2.05) is 24.3 Å². The summed E-state index contributed by atoms with van der Waals surface area (Å²) in [5, 5.41) is 2.25. The Morgan fingerprint density at radius 1 is 1.19 bits per heavy atom. The topological polar surface area (TPSA) is 61.9 Å². The molecule has 6 nitrogen and oxygen atoms in total. The Labute approximate surface area is 128 Å². The standard InChI is InChI=1S/C14H18ClN3O3/c1-21-12-4-2-11(3-5-12)17-6-8-18(9-7-17)14(20)16-13(19)10-15/h2-5H,6-10H2,1H3,(H,16,19,20). The predicted molar refractivity (Wildman–Crippen MR) is 81.0 cm³/mol. The van der Waals surface area contributed by atoms with Crippen LogP contribution in [0.4, 0.5) is 10.5 Å². The molecular formula is C14H18ClN3O3. The van der Waals surface area contributed by atoms with Crippen LogP contribution in [-0.2, 0) is 4.79 Å². The van der Waals surface area contributed by atoms with Crippen molar-refractivity contribution in [2.75, 3.05) is 44.1 Å². The van der Waals surface area contributed by atoms with Gasteiger partial charge in [-0.3, -0.25) is 10.1 Å². The molecule has 1 aromatic rings. The number of imide groups is 1. The minimum atomic E-state index is -0.473. The fraction of sp³-hybridized carbons (Fsp3) is 0.429. The van der Waals surface area contributed by atoms with Gasteiger partial charge in [-0.1, -0.05) is 0 Å². The molecule has 1 fully saturated rings. The second-order valence-corrected chi connectivity index (χ2v) is 4.93. The van der Waals surface area contributed by atoms with Gasteiger partial charge in [0, 0.05) is 31.9 Å². The number of carbonyl (C=O) groups excluding carboxylic acids is 2. The molecule has 1 saturated heterocycles. The van der Waals surface area contributed by atoms with Crippen molar-refractivity contribution in [1.82, 2.24) is 10.2 Å². The van der Waals surface area contributed by atoms with Crippen molar-refractivity contribution in [2.24, 2.45) is 0 Å². The SMILES string of the molecule is COc1ccc(N2CCN(C(=O)NC(=O)CCl)CC2)cc1. The first kappa shape index (κ1) is 15.4. The minimum Gasteiger partial charge on any atom is -0.497 e. The summed E-state index contributed by atoms with van der Waals surface area (Å²) < 4.78 is 5.13. The molecule has 3 amide bonds. The Balaban J connectivity index is 1.87. The Morgan fingerprint density at radius 3 is 2.33 bits per heavy atom. The van der Waals surface area contributed by atoms with Crippen molar-refractivity contribution >= 4 is 29.2 Å². The maximum atomic E-state index is 11.8. The monoisotopic (exact) mass is 311 g/mol. The number of methoxy groups -OCH3 is 1. The highest BCUT2D eigenvalue weighted by Gasteiger charge is 2.22. The Hall–Kier alpha value is -1.95. The van der Waals surface area contributed by atoms with E-state index >= 15 is 0 Å². The summed E-state index contributed by atoms with van der Waals surface area (Å²) in [6.45, 7) is 2.56. The van der Waals surface area contributed by atoms with Crippen molar-refractivity contribution < 1.29 is 14.3 Å². The number of nitrogens with one attached hydrogen (secondary N) is 1. The van der Waals surface area contributed by atoms with E-state index in [1.54, 1.807) is 12.0 Å². The van der Waals surface area contributed by atoms with Crippen molar-refractivity contribution in [2.45, 2.75) is 0 Å². The molecule has 21 heavy (non-hydrogen) atoms. The number of anilines is 1. The number of hydrogen-bond acceptors (Lipinski definition) is 4. The molecule has 1 aliphatic rings. The van der Waals surface area contributed by atoms with E-state index < -0.39 is 5.91 Å². The number of carbonyl (C=O) groups is 2. The quantitative estimate of drug-likeness (QED) is 0.855. The summed E-state index contributed by atoms with van der Waals surface area (Å²) >= 11 is 5.36. The van der Waals surface area contributed by atoms with Crippen LogP contribution in [0.3, 0.4) is 0 Å². The van der Waals surface area contributed by atoms with E-state index in [0.717, 1.165) is 24.5 Å². The first-order chi connectivity index (χ1) is 10.1. The number of hydrogen-bond donors (Lipinski definition) is 1. The number of ether oxygens (including phenoxy) is 1. The molecule has 2 rings (SSSR count). The Morgan fingerprint density at radius 2 is 1.81 bits per heavy atom. The van der Waals surface area contributed by atoms with Crippen molar-refractivity contribution in [1.29, 1.82) is 0 Å². The number of benzene rings is 1. The van der Waals surface area contributed by atoms with Gasteiger partial charge in [0.1, 0.15) is 11.6 Å². The maximum Gasteiger partial charge on any atom is 0.324 e. The third kappa shape index (κ3) is 4.01. The molecule has 1 N–H and O–H groups in total. The lowest BCUT2D eigenvalue weighted by molar-refractivity contribution is -0.117. The molecule has 0 bridgehead atoms. The molecule has 0 atom stereocenters. The summed E-state index contributed by atoms with van der Waals surface area (Å²) in [5.74, 6) is 0.132. The van der Waals surface area contributed by atoms with Gasteiger partial charge in [0.2, 0.25) is 5.91 Å². The van der Waals surface area contributed by atoms with Crippen LogP contribution in [0.2, 0.25) is 0 Å². The van der Waals surface area contributed by atoms with Crippen LogP contribution in [0.5, 0.6) is 5.75 Å². The number of halogens is 1. The largest absolute Gasteiger partial charge is 0.497 e. The molecule has 0 aromatic heterocycles. The van der Waals surface area contributed by atoms with Crippen LogP contribution in [0.15, 0.2) is 24.3 Å². The molecule has 0 spiro atoms. The number of amides is 3. The van der Waals surface area contributed by atoms with Gasteiger partial charge in [-0.15, -0.1) is 11.6 Å². The summed E-state index contributed by atoms with van der Waals surface area (Å²) in [5.41, 5.74) is 1.09. The first-order valence-corrected chi connectivity index (χ1v) is 7.21. The smallest absolute Gasteiger partial charge is 0.324 e.